The molecule has 23 heavy (non-hydrogen) atoms. The standard InChI is InChI=1S/C17H28N2O2S2/c1-7-11(4)19(12(5)8-2)17(22)18-15-14(16(20)21-6)10-13(9-3)23-15/h10-12H,7-9H2,1-6H3,(H,18,22). The molecule has 0 radical (unpaired) electrons. The number of rotatable bonds is 7. The first-order valence-electron chi connectivity index (χ1n) is 8.19. The average Bonchev–Trinajstić information content (AvgIpc) is 2.96. The van der Waals surface area contributed by atoms with Crippen molar-refractivity contribution >= 4 is 39.6 Å². The number of hydrogen-bond acceptors (Lipinski definition) is 4. The van der Waals surface area contributed by atoms with Gasteiger partial charge in [0.2, 0.25) is 0 Å². The summed E-state index contributed by atoms with van der Waals surface area (Å²) in [5, 5.41) is 4.73. The van der Waals surface area contributed by atoms with Gasteiger partial charge in [-0.05, 0) is 51.4 Å². The Kier molecular flexibility index (Phi) is 7.99. The number of aryl methyl sites for hydroxylation is 1. The summed E-state index contributed by atoms with van der Waals surface area (Å²) in [4.78, 5) is 15.3. The van der Waals surface area contributed by atoms with E-state index in [2.05, 4.69) is 44.8 Å². The molecular weight excluding hydrogens is 328 g/mol. The fourth-order valence-electron chi connectivity index (χ4n) is 2.36. The summed E-state index contributed by atoms with van der Waals surface area (Å²) in [7, 11) is 1.40. The molecule has 2 unspecified atom stereocenters. The Morgan fingerprint density at radius 2 is 1.87 bits per heavy atom. The maximum atomic E-state index is 12.0. The zero-order valence-electron chi connectivity index (χ0n) is 14.9. The Morgan fingerprint density at radius 3 is 2.30 bits per heavy atom. The lowest BCUT2D eigenvalue weighted by Gasteiger charge is -2.36. The van der Waals surface area contributed by atoms with Crippen LogP contribution in [-0.4, -0.2) is 35.2 Å². The molecule has 1 N–H and O–H groups in total. The van der Waals surface area contributed by atoms with Crippen LogP contribution in [0.5, 0.6) is 0 Å². The van der Waals surface area contributed by atoms with E-state index in [0.717, 1.165) is 29.1 Å². The molecule has 1 aromatic heterocycles. The molecule has 1 heterocycles. The van der Waals surface area contributed by atoms with Crippen molar-refractivity contribution in [1.29, 1.82) is 0 Å². The number of esters is 1. The predicted octanol–water partition coefficient (Wildman–Crippen LogP) is 4.69. The molecule has 0 amide bonds. The third-order valence-electron chi connectivity index (χ3n) is 4.12. The number of anilines is 1. The van der Waals surface area contributed by atoms with E-state index in [4.69, 9.17) is 17.0 Å². The van der Waals surface area contributed by atoms with Crippen molar-refractivity contribution in [2.75, 3.05) is 12.4 Å². The first-order valence-corrected chi connectivity index (χ1v) is 9.42. The molecule has 130 valence electrons. The van der Waals surface area contributed by atoms with E-state index in [0.29, 0.717) is 22.8 Å². The summed E-state index contributed by atoms with van der Waals surface area (Å²) in [6, 6.07) is 2.58. The highest BCUT2D eigenvalue weighted by Gasteiger charge is 2.23. The van der Waals surface area contributed by atoms with Gasteiger partial charge in [-0.1, -0.05) is 20.8 Å². The van der Waals surface area contributed by atoms with Gasteiger partial charge < -0.3 is 15.0 Å². The smallest absolute Gasteiger partial charge is 0.340 e. The fraction of sp³-hybridized carbons (Fsp3) is 0.647. The molecule has 0 saturated heterocycles. The first kappa shape index (κ1) is 19.9. The van der Waals surface area contributed by atoms with Crippen LogP contribution in [-0.2, 0) is 11.2 Å². The molecule has 2 atom stereocenters. The SMILES string of the molecule is CCc1cc(C(=O)OC)c(NC(=S)N(C(C)CC)C(C)CC)s1. The molecule has 0 aliphatic rings. The summed E-state index contributed by atoms with van der Waals surface area (Å²) in [6.45, 7) is 10.7. The van der Waals surface area contributed by atoms with Gasteiger partial charge in [-0.2, -0.15) is 0 Å². The van der Waals surface area contributed by atoms with Gasteiger partial charge in [-0.3, -0.25) is 0 Å². The van der Waals surface area contributed by atoms with Crippen LogP contribution in [0.25, 0.3) is 0 Å². The van der Waals surface area contributed by atoms with Crippen LogP contribution in [0, 0.1) is 0 Å². The number of nitrogens with one attached hydrogen (secondary N) is 1. The zero-order chi connectivity index (χ0) is 17.6. The Morgan fingerprint density at radius 1 is 1.30 bits per heavy atom. The van der Waals surface area contributed by atoms with Crippen LogP contribution < -0.4 is 5.32 Å². The van der Waals surface area contributed by atoms with Crippen LogP contribution in [0.15, 0.2) is 6.07 Å². The number of thiocarbonyl (C=S) groups is 1. The van der Waals surface area contributed by atoms with Gasteiger partial charge in [0.25, 0.3) is 0 Å². The fourth-order valence-corrected chi connectivity index (χ4v) is 3.87. The van der Waals surface area contributed by atoms with E-state index in [1.165, 1.54) is 7.11 Å². The Balaban J connectivity index is 3.06. The van der Waals surface area contributed by atoms with Crippen molar-refractivity contribution in [3.05, 3.63) is 16.5 Å². The first-order chi connectivity index (χ1) is 10.9. The van der Waals surface area contributed by atoms with E-state index in [1.54, 1.807) is 11.3 Å². The van der Waals surface area contributed by atoms with Gasteiger partial charge in [-0.25, -0.2) is 4.79 Å². The molecule has 0 bridgehead atoms. The quantitative estimate of drug-likeness (QED) is 0.567. The zero-order valence-corrected chi connectivity index (χ0v) is 16.6. The molecule has 0 saturated carbocycles. The van der Waals surface area contributed by atoms with Crippen molar-refractivity contribution in [2.24, 2.45) is 0 Å². The highest BCUT2D eigenvalue weighted by Crippen LogP contribution is 2.30. The van der Waals surface area contributed by atoms with E-state index >= 15 is 0 Å². The van der Waals surface area contributed by atoms with Gasteiger partial charge in [0, 0.05) is 17.0 Å². The molecular formula is C17H28N2O2S2. The van der Waals surface area contributed by atoms with Crippen LogP contribution in [0.4, 0.5) is 5.00 Å². The van der Waals surface area contributed by atoms with E-state index in [1.807, 2.05) is 6.07 Å². The highest BCUT2D eigenvalue weighted by atomic mass is 32.1. The van der Waals surface area contributed by atoms with E-state index in [9.17, 15) is 4.79 Å². The molecule has 0 aliphatic carbocycles. The number of nitrogens with zero attached hydrogens (tertiary/aromatic N) is 1. The summed E-state index contributed by atoms with van der Waals surface area (Å²) >= 11 is 7.20. The molecule has 6 heteroatoms. The number of methoxy groups -OCH3 is 1. The third kappa shape index (κ3) is 4.91. The average molecular weight is 357 g/mol. The molecule has 0 aliphatic heterocycles. The highest BCUT2D eigenvalue weighted by molar-refractivity contribution is 7.80. The largest absolute Gasteiger partial charge is 0.465 e. The number of carbonyl (C=O) groups is 1. The molecule has 0 aromatic carbocycles. The van der Waals surface area contributed by atoms with Crippen molar-refractivity contribution in [3.8, 4) is 0 Å². The Bertz CT molecular complexity index is 533. The van der Waals surface area contributed by atoms with E-state index < -0.39 is 0 Å². The van der Waals surface area contributed by atoms with Crippen LogP contribution in [0.3, 0.4) is 0 Å². The monoisotopic (exact) mass is 356 g/mol. The number of carbonyl (C=O) groups excluding carboxylic acids is 1. The normalized spacial score (nSPS) is 13.3. The van der Waals surface area contributed by atoms with Crippen molar-refractivity contribution in [3.63, 3.8) is 0 Å². The van der Waals surface area contributed by atoms with Gasteiger partial charge in [0.15, 0.2) is 5.11 Å². The summed E-state index contributed by atoms with van der Waals surface area (Å²) in [5.41, 5.74) is 0.560. The maximum Gasteiger partial charge on any atom is 0.340 e. The Labute approximate surface area is 149 Å². The second-order valence-electron chi connectivity index (χ2n) is 5.65. The molecule has 1 rings (SSSR count). The topological polar surface area (TPSA) is 41.6 Å². The lowest BCUT2D eigenvalue weighted by Crippen LogP contribution is -2.46. The summed E-state index contributed by atoms with van der Waals surface area (Å²) in [6.07, 6.45) is 2.91. The van der Waals surface area contributed by atoms with Crippen LogP contribution in [0.2, 0.25) is 0 Å². The van der Waals surface area contributed by atoms with Crippen LogP contribution in [0.1, 0.15) is 62.7 Å². The number of thiophene rings is 1. The third-order valence-corrected chi connectivity index (χ3v) is 5.63. The van der Waals surface area contributed by atoms with Crippen LogP contribution >= 0.6 is 23.6 Å². The minimum Gasteiger partial charge on any atom is -0.465 e. The lowest BCUT2D eigenvalue weighted by molar-refractivity contribution is 0.0602. The predicted molar refractivity (Wildman–Crippen MR) is 103 cm³/mol. The molecule has 0 spiro atoms. The van der Waals surface area contributed by atoms with Gasteiger partial charge in [0.1, 0.15) is 5.00 Å². The van der Waals surface area contributed by atoms with Gasteiger partial charge in [-0.15, -0.1) is 11.3 Å². The number of hydrogen-bond donors (Lipinski definition) is 1. The van der Waals surface area contributed by atoms with Crippen molar-refractivity contribution < 1.29 is 9.53 Å². The lowest BCUT2D eigenvalue weighted by atomic mass is 10.1. The molecule has 4 nitrogen and oxygen atoms in total. The Hall–Kier alpha value is -1.14. The van der Waals surface area contributed by atoms with Gasteiger partial charge in [0.05, 0.1) is 12.7 Å². The van der Waals surface area contributed by atoms with Crippen molar-refractivity contribution in [2.45, 2.75) is 66.0 Å². The number of ether oxygens (including phenoxy) is 1. The minimum absolute atomic E-state index is 0.329. The second-order valence-corrected chi connectivity index (χ2v) is 7.18. The van der Waals surface area contributed by atoms with Gasteiger partial charge >= 0.3 is 5.97 Å². The molecule has 0 fully saturated rings. The summed E-state index contributed by atoms with van der Waals surface area (Å²) in [5.74, 6) is -0.329. The van der Waals surface area contributed by atoms with Crippen molar-refractivity contribution in [1.82, 2.24) is 4.90 Å². The second kappa shape index (κ2) is 9.23. The maximum absolute atomic E-state index is 12.0. The summed E-state index contributed by atoms with van der Waals surface area (Å²) < 4.78 is 4.88. The molecule has 1 aromatic rings. The minimum atomic E-state index is -0.329. The van der Waals surface area contributed by atoms with E-state index in [-0.39, 0.29) is 5.97 Å².